The van der Waals surface area contributed by atoms with Gasteiger partial charge in [-0.15, -0.1) is 0 Å². The first kappa shape index (κ1) is 20.2. The van der Waals surface area contributed by atoms with Crippen molar-refractivity contribution in [3.8, 4) is 0 Å². The van der Waals surface area contributed by atoms with Crippen LogP contribution in [-0.2, 0) is 0 Å². The van der Waals surface area contributed by atoms with Gasteiger partial charge in [0.1, 0.15) is 0 Å². The van der Waals surface area contributed by atoms with Crippen LogP contribution in [0.4, 0.5) is 13.2 Å². The summed E-state index contributed by atoms with van der Waals surface area (Å²) in [6, 6.07) is 18.2. The molecule has 0 aromatic heterocycles. The third-order valence-corrected chi connectivity index (χ3v) is 12.0. The van der Waals surface area contributed by atoms with E-state index >= 15 is 0 Å². The summed E-state index contributed by atoms with van der Waals surface area (Å²) in [6.45, 7) is 2.46. The zero-order valence-electron chi connectivity index (χ0n) is 16.8. The van der Waals surface area contributed by atoms with Crippen molar-refractivity contribution in [2.24, 2.45) is 0 Å². The van der Waals surface area contributed by atoms with Crippen LogP contribution in [-0.4, -0.2) is 14.3 Å². The predicted octanol–water partition coefficient (Wildman–Crippen LogP) is 7.89. The summed E-state index contributed by atoms with van der Waals surface area (Å²) in [5, 5.41) is 0. The molecule has 2 aliphatic carbocycles. The Morgan fingerprint density at radius 2 is 1.28 bits per heavy atom. The average Bonchev–Trinajstić information content (AvgIpc) is 3.31. The van der Waals surface area contributed by atoms with Crippen LogP contribution in [0.5, 0.6) is 0 Å². The predicted molar refractivity (Wildman–Crippen MR) is 117 cm³/mol. The summed E-state index contributed by atoms with van der Waals surface area (Å²) in [5.74, 6) is 0. The number of hydrogen-bond donors (Lipinski definition) is 0. The third kappa shape index (κ3) is 4.13. The Morgan fingerprint density at radius 1 is 0.759 bits per heavy atom. The van der Waals surface area contributed by atoms with Gasteiger partial charge in [-0.2, -0.15) is 13.2 Å². The van der Waals surface area contributed by atoms with E-state index in [9.17, 15) is 13.2 Å². The molecule has 152 valence electrons. The molecule has 0 amide bonds. The summed E-state index contributed by atoms with van der Waals surface area (Å²) in [4.78, 5) is 0. The van der Waals surface area contributed by atoms with Gasteiger partial charge >= 0.3 is 6.18 Å². The minimum Gasteiger partial charge on any atom is -0.171 e. The van der Waals surface area contributed by atoms with Gasteiger partial charge in [0.15, 0.2) is 0 Å². The van der Waals surface area contributed by atoms with Crippen LogP contribution >= 0.6 is 0 Å². The van der Waals surface area contributed by atoms with Gasteiger partial charge < -0.3 is 0 Å². The molecule has 4 heteroatoms. The second-order valence-corrected chi connectivity index (χ2v) is 13.4. The van der Waals surface area contributed by atoms with Gasteiger partial charge in [0, 0.05) is 6.42 Å². The van der Waals surface area contributed by atoms with Crippen molar-refractivity contribution < 1.29 is 13.2 Å². The van der Waals surface area contributed by atoms with Gasteiger partial charge in [-0.1, -0.05) is 98.3 Å². The van der Waals surface area contributed by atoms with Crippen molar-refractivity contribution in [3.63, 3.8) is 0 Å². The van der Waals surface area contributed by atoms with E-state index in [0.29, 0.717) is 17.5 Å². The molecule has 2 atom stereocenters. The highest BCUT2D eigenvalue weighted by atomic mass is 28.3. The Morgan fingerprint density at radius 3 is 1.79 bits per heavy atom. The summed E-state index contributed by atoms with van der Waals surface area (Å²) < 4.78 is 37.6. The number of fused-ring (bicyclic) bond motifs is 2. The fourth-order valence-corrected chi connectivity index (χ4v) is 10.2. The minimum absolute atomic E-state index is 0.238. The number of alkyl halides is 3. The molecule has 0 spiro atoms. The molecule has 0 saturated carbocycles. The van der Waals surface area contributed by atoms with Crippen LogP contribution in [0.25, 0.3) is 12.2 Å². The number of rotatable bonds is 7. The van der Waals surface area contributed by atoms with Crippen molar-refractivity contribution in [1.82, 2.24) is 0 Å². The van der Waals surface area contributed by atoms with Crippen molar-refractivity contribution in [3.05, 3.63) is 82.9 Å². The minimum atomic E-state index is -4.04. The van der Waals surface area contributed by atoms with Crippen LogP contribution in [0.1, 0.15) is 59.0 Å². The van der Waals surface area contributed by atoms with E-state index in [1.807, 2.05) is 0 Å². The van der Waals surface area contributed by atoms with E-state index in [-0.39, 0.29) is 6.42 Å². The van der Waals surface area contributed by atoms with E-state index in [2.05, 4.69) is 79.4 Å². The highest BCUT2D eigenvalue weighted by molar-refractivity contribution is 6.82. The molecule has 0 N–H and O–H groups in total. The lowest BCUT2D eigenvalue weighted by Crippen LogP contribution is -2.43. The molecular weight excluding hydrogens is 385 g/mol. The molecule has 0 fully saturated rings. The maximum absolute atomic E-state index is 12.5. The fourth-order valence-electron chi connectivity index (χ4n) is 5.16. The molecule has 0 aliphatic heterocycles. The summed E-state index contributed by atoms with van der Waals surface area (Å²) in [5.41, 5.74) is 6.20. The molecular formula is C25H27F3Si. The standard InChI is InChI=1S/C25H27F3Si/c1-29(18-8-2-7-17-25(26,27)28,23-15-13-19-9-3-5-11-21(19)23)24-16-14-20-10-4-6-12-22(20)24/h3-6,9-16,23-24H,2,7-8,17-18H2,1H3. The molecule has 0 nitrogen and oxygen atoms in total. The number of halogens is 3. The van der Waals surface area contributed by atoms with E-state index in [0.717, 1.165) is 12.5 Å². The number of benzene rings is 2. The lowest BCUT2D eigenvalue weighted by atomic mass is 10.1. The molecule has 29 heavy (non-hydrogen) atoms. The Hall–Kier alpha value is -2.07. The SMILES string of the molecule is C[Si](CCCCCC(F)(F)F)(C1C=Cc2ccccc21)C1C=Cc2ccccc21. The highest BCUT2D eigenvalue weighted by Gasteiger charge is 2.45. The van der Waals surface area contributed by atoms with E-state index in [1.54, 1.807) is 0 Å². The summed E-state index contributed by atoms with van der Waals surface area (Å²) >= 11 is 0. The molecule has 0 bridgehead atoms. The van der Waals surface area contributed by atoms with Gasteiger partial charge in [0.2, 0.25) is 0 Å². The molecule has 0 radical (unpaired) electrons. The van der Waals surface area contributed by atoms with Gasteiger partial charge in [-0.3, -0.25) is 0 Å². The van der Waals surface area contributed by atoms with Gasteiger partial charge in [-0.25, -0.2) is 0 Å². The molecule has 4 rings (SSSR count). The van der Waals surface area contributed by atoms with Gasteiger partial charge in [0.25, 0.3) is 0 Å². The molecule has 2 aromatic rings. The molecule has 2 aromatic carbocycles. The Balaban J connectivity index is 1.59. The Bertz CT molecular complexity index is 864. The molecule has 0 saturated heterocycles. The normalized spacial score (nSPS) is 21.8. The lowest BCUT2D eigenvalue weighted by Gasteiger charge is -2.39. The average molecular weight is 413 g/mol. The van der Waals surface area contributed by atoms with Crippen molar-refractivity contribution in [2.45, 2.75) is 55.5 Å². The lowest BCUT2D eigenvalue weighted by molar-refractivity contribution is -0.135. The van der Waals surface area contributed by atoms with Crippen LogP contribution in [0.3, 0.4) is 0 Å². The molecule has 0 heterocycles. The first-order valence-corrected chi connectivity index (χ1v) is 13.4. The summed E-state index contributed by atoms with van der Waals surface area (Å²) in [6.07, 6.45) is 6.25. The first-order chi connectivity index (χ1) is 13.9. The number of allylic oxidation sites excluding steroid dienone is 2. The van der Waals surface area contributed by atoms with Crippen LogP contribution in [0.15, 0.2) is 60.7 Å². The number of hydrogen-bond acceptors (Lipinski definition) is 0. The van der Waals surface area contributed by atoms with E-state index in [1.165, 1.54) is 22.3 Å². The molecule has 2 aliphatic rings. The van der Waals surface area contributed by atoms with Crippen molar-refractivity contribution in [2.75, 3.05) is 0 Å². The topological polar surface area (TPSA) is 0 Å². The van der Waals surface area contributed by atoms with Gasteiger partial charge in [-0.05, 0) is 39.8 Å². The van der Waals surface area contributed by atoms with Crippen molar-refractivity contribution >= 4 is 20.2 Å². The van der Waals surface area contributed by atoms with E-state index in [4.69, 9.17) is 0 Å². The fraction of sp³-hybridized carbons (Fsp3) is 0.360. The van der Waals surface area contributed by atoms with Crippen LogP contribution in [0, 0.1) is 0 Å². The van der Waals surface area contributed by atoms with Gasteiger partial charge in [0.05, 0.1) is 8.07 Å². The first-order valence-electron chi connectivity index (χ1n) is 10.5. The zero-order valence-corrected chi connectivity index (χ0v) is 17.8. The maximum atomic E-state index is 12.5. The quantitative estimate of drug-likeness (QED) is 0.320. The summed E-state index contributed by atoms with van der Waals surface area (Å²) in [7, 11) is -1.94. The second kappa shape index (κ2) is 7.98. The molecule has 2 unspecified atom stereocenters. The Kier molecular flexibility index (Phi) is 5.56. The highest BCUT2D eigenvalue weighted by Crippen LogP contribution is 2.49. The number of unbranched alkanes of at least 4 members (excludes halogenated alkanes) is 2. The monoisotopic (exact) mass is 412 g/mol. The van der Waals surface area contributed by atoms with Crippen LogP contribution < -0.4 is 0 Å². The smallest absolute Gasteiger partial charge is 0.171 e. The maximum Gasteiger partial charge on any atom is 0.389 e. The van der Waals surface area contributed by atoms with Crippen molar-refractivity contribution in [1.29, 1.82) is 0 Å². The zero-order chi connectivity index (χ0) is 20.5. The Labute approximate surface area is 172 Å². The van der Waals surface area contributed by atoms with Crippen LogP contribution in [0.2, 0.25) is 12.6 Å². The second-order valence-electron chi connectivity index (χ2n) is 8.61. The largest absolute Gasteiger partial charge is 0.389 e. The van der Waals surface area contributed by atoms with E-state index < -0.39 is 20.7 Å². The third-order valence-electron chi connectivity index (χ3n) is 6.70.